The minimum absolute atomic E-state index is 0.0847. The number of thioether (sulfide) groups is 1. The zero-order valence-corrected chi connectivity index (χ0v) is 11.1. The third-order valence-electron chi connectivity index (χ3n) is 2.14. The lowest BCUT2D eigenvalue weighted by atomic mass is 10.0. The number of amides is 2. The Kier molecular flexibility index (Phi) is 8.07. The van der Waals surface area contributed by atoms with E-state index >= 15 is 0 Å². The largest absolute Gasteiger partial charge is 0.368 e. The molecule has 16 heavy (non-hydrogen) atoms. The second-order valence-corrected chi connectivity index (χ2v) is 5.23. The first kappa shape index (κ1) is 15.3. The summed E-state index contributed by atoms with van der Waals surface area (Å²) < 4.78 is 0. The monoisotopic (exact) mass is 246 g/mol. The molecule has 0 rings (SSSR count). The fraction of sp³-hybridized carbons (Fsp3) is 0.818. The molecule has 2 amide bonds. The summed E-state index contributed by atoms with van der Waals surface area (Å²) in [6.07, 6.45) is 3.90. The van der Waals surface area contributed by atoms with Crippen LogP contribution in [-0.4, -0.2) is 29.9 Å². The van der Waals surface area contributed by atoms with Crippen LogP contribution in [0.25, 0.3) is 0 Å². The van der Waals surface area contributed by atoms with E-state index in [2.05, 4.69) is 5.32 Å². The predicted octanol–water partition coefficient (Wildman–Crippen LogP) is 1.15. The molecule has 0 heterocycles. The van der Waals surface area contributed by atoms with Gasteiger partial charge in [-0.25, -0.2) is 0 Å². The lowest BCUT2D eigenvalue weighted by Crippen LogP contribution is -2.45. The normalized spacial score (nSPS) is 12.5. The molecule has 0 fully saturated rings. The summed E-state index contributed by atoms with van der Waals surface area (Å²) in [5.74, 6) is 0.758. The van der Waals surface area contributed by atoms with Crippen molar-refractivity contribution in [1.82, 2.24) is 5.32 Å². The first-order valence-corrected chi connectivity index (χ1v) is 6.94. The summed E-state index contributed by atoms with van der Waals surface area (Å²) in [5.41, 5.74) is 5.23. The van der Waals surface area contributed by atoms with E-state index in [0.29, 0.717) is 18.8 Å². The molecule has 0 aromatic heterocycles. The van der Waals surface area contributed by atoms with Crippen molar-refractivity contribution in [3.05, 3.63) is 0 Å². The Morgan fingerprint density at radius 2 is 2.00 bits per heavy atom. The van der Waals surface area contributed by atoms with Gasteiger partial charge in [-0.2, -0.15) is 11.8 Å². The molecule has 1 atom stereocenters. The van der Waals surface area contributed by atoms with Crippen molar-refractivity contribution >= 4 is 23.6 Å². The fourth-order valence-electron chi connectivity index (χ4n) is 1.36. The summed E-state index contributed by atoms with van der Waals surface area (Å²) >= 11 is 1.71. The van der Waals surface area contributed by atoms with Crippen LogP contribution < -0.4 is 11.1 Å². The van der Waals surface area contributed by atoms with Crippen molar-refractivity contribution in [3.63, 3.8) is 0 Å². The number of nitrogens with two attached hydrogens (primary N) is 1. The fourth-order valence-corrected chi connectivity index (χ4v) is 1.79. The Bertz CT molecular complexity index is 232. The Hall–Kier alpha value is -0.710. The molecule has 0 aliphatic heterocycles. The zero-order chi connectivity index (χ0) is 12.6. The van der Waals surface area contributed by atoms with Crippen molar-refractivity contribution in [2.24, 2.45) is 11.7 Å². The van der Waals surface area contributed by atoms with Gasteiger partial charge in [-0.05, 0) is 30.8 Å². The Morgan fingerprint density at radius 1 is 1.38 bits per heavy atom. The maximum atomic E-state index is 11.5. The van der Waals surface area contributed by atoms with E-state index in [0.717, 1.165) is 12.2 Å². The minimum Gasteiger partial charge on any atom is -0.368 e. The van der Waals surface area contributed by atoms with Gasteiger partial charge in [-0.15, -0.1) is 0 Å². The van der Waals surface area contributed by atoms with Gasteiger partial charge in [0, 0.05) is 6.42 Å². The van der Waals surface area contributed by atoms with E-state index in [1.807, 2.05) is 20.1 Å². The quantitative estimate of drug-likeness (QED) is 0.631. The molecule has 0 radical (unpaired) electrons. The van der Waals surface area contributed by atoms with E-state index in [1.165, 1.54) is 0 Å². The highest BCUT2D eigenvalue weighted by molar-refractivity contribution is 7.98. The van der Waals surface area contributed by atoms with Crippen LogP contribution in [0.3, 0.4) is 0 Å². The lowest BCUT2D eigenvalue weighted by Gasteiger charge is -2.17. The van der Waals surface area contributed by atoms with E-state index in [-0.39, 0.29) is 5.91 Å². The molecule has 5 heteroatoms. The number of primary amides is 1. The van der Waals surface area contributed by atoms with Crippen molar-refractivity contribution < 1.29 is 9.59 Å². The highest BCUT2D eigenvalue weighted by Gasteiger charge is 2.18. The topological polar surface area (TPSA) is 72.2 Å². The summed E-state index contributed by atoms with van der Waals surface area (Å²) in [6, 6.07) is -0.526. The molecule has 0 aromatic carbocycles. The molecule has 0 spiro atoms. The van der Waals surface area contributed by atoms with Crippen LogP contribution in [0.2, 0.25) is 0 Å². The molecule has 0 aliphatic carbocycles. The Balaban J connectivity index is 3.98. The minimum atomic E-state index is -0.526. The van der Waals surface area contributed by atoms with Gasteiger partial charge in [-0.3, -0.25) is 9.59 Å². The summed E-state index contributed by atoms with van der Waals surface area (Å²) in [7, 11) is 0. The number of carbonyl (C=O) groups is 2. The second kappa shape index (κ2) is 8.44. The van der Waals surface area contributed by atoms with Crippen LogP contribution in [0.4, 0.5) is 0 Å². The lowest BCUT2D eigenvalue weighted by molar-refractivity contribution is -0.127. The smallest absolute Gasteiger partial charge is 0.240 e. The number of hydrogen-bond acceptors (Lipinski definition) is 3. The third kappa shape index (κ3) is 7.56. The van der Waals surface area contributed by atoms with Gasteiger partial charge in [0.1, 0.15) is 6.04 Å². The van der Waals surface area contributed by atoms with Crippen LogP contribution in [0.1, 0.15) is 33.1 Å². The third-order valence-corrected chi connectivity index (χ3v) is 2.83. The molecule has 0 bridgehead atoms. The average Bonchev–Trinajstić information content (AvgIpc) is 2.16. The van der Waals surface area contributed by atoms with E-state index < -0.39 is 11.9 Å². The van der Waals surface area contributed by atoms with Crippen molar-refractivity contribution in [1.29, 1.82) is 0 Å². The molecule has 0 saturated carbocycles. The van der Waals surface area contributed by atoms with Gasteiger partial charge < -0.3 is 11.1 Å². The summed E-state index contributed by atoms with van der Waals surface area (Å²) in [6.45, 7) is 3.99. The molecule has 0 saturated heterocycles. The second-order valence-electron chi connectivity index (χ2n) is 4.25. The van der Waals surface area contributed by atoms with Crippen LogP contribution in [0.5, 0.6) is 0 Å². The predicted molar refractivity (Wildman–Crippen MR) is 68.2 cm³/mol. The highest BCUT2D eigenvalue weighted by atomic mass is 32.2. The maximum absolute atomic E-state index is 11.5. The zero-order valence-electron chi connectivity index (χ0n) is 10.3. The van der Waals surface area contributed by atoms with E-state index in [1.54, 1.807) is 11.8 Å². The molecular formula is C11H22N2O2S. The van der Waals surface area contributed by atoms with Crippen molar-refractivity contribution in [2.45, 2.75) is 39.2 Å². The van der Waals surface area contributed by atoms with Crippen LogP contribution >= 0.6 is 11.8 Å². The van der Waals surface area contributed by atoms with Crippen molar-refractivity contribution in [3.8, 4) is 0 Å². The molecule has 4 nitrogen and oxygen atoms in total. The van der Waals surface area contributed by atoms with Gasteiger partial charge >= 0.3 is 0 Å². The molecular weight excluding hydrogens is 224 g/mol. The number of hydrogen-bond donors (Lipinski definition) is 2. The molecule has 3 N–H and O–H groups in total. The van der Waals surface area contributed by atoms with E-state index in [9.17, 15) is 9.59 Å². The molecule has 0 unspecified atom stereocenters. The van der Waals surface area contributed by atoms with Crippen molar-refractivity contribution in [2.75, 3.05) is 12.0 Å². The highest BCUT2D eigenvalue weighted by Crippen LogP contribution is 2.05. The van der Waals surface area contributed by atoms with Gasteiger partial charge in [-0.1, -0.05) is 13.8 Å². The first-order chi connectivity index (χ1) is 7.47. The van der Waals surface area contributed by atoms with Gasteiger partial charge in [0.25, 0.3) is 0 Å². The Morgan fingerprint density at radius 3 is 2.44 bits per heavy atom. The average molecular weight is 246 g/mol. The number of rotatable bonds is 8. The molecule has 0 aromatic rings. The molecule has 94 valence electrons. The maximum Gasteiger partial charge on any atom is 0.240 e. The SMILES string of the molecule is CSCCCC(=O)N[C@@H](CC(C)C)C(N)=O. The number of carbonyl (C=O) groups excluding carboxylic acids is 2. The summed E-state index contributed by atoms with van der Waals surface area (Å²) in [4.78, 5) is 22.6. The first-order valence-electron chi connectivity index (χ1n) is 5.55. The number of nitrogens with one attached hydrogen (secondary N) is 1. The summed E-state index contributed by atoms with van der Waals surface area (Å²) in [5, 5.41) is 2.68. The Labute approximate surface area is 102 Å². The van der Waals surface area contributed by atoms with Gasteiger partial charge in [0.15, 0.2) is 0 Å². The van der Waals surface area contributed by atoms with Crippen LogP contribution in [-0.2, 0) is 9.59 Å². The van der Waals surface area contributed by atoms with Crippen LogP contribution in [0, 0.1) is 5.92 Å². The standard InChI is InChI=1S/C11H22N2O2S/c1-8(2)7-9(11(12)15)13-10(14)5-4-6-16-3/h8-9H,4-7H2,1-3H3,(H2,12,15)(H,13,14)/t9-/m0/s1. The van der Waals surface area contributed by atoms with E-state index in [4.69, 9.17) is 5.73 Å². The van der Waals surface area contributed by atoms with Crippen LogP contribution in [0.15, 0.2) is 0 Å². The van der Waals surface area contributed by atoms with Gasteiger partial charge in [0.05, 0.1) is 0 Å². The molecule has 0 aliphatic rings. The van der Waals surface area contributed by atoms with Gasteiger partial charge in [0.2, 0.25) is 11.8 Å².